The smallest absolute Gasteiger partial charge is 0.231 e. The zero-order valence-corrected chi connectivity index (χ0v) is 15.1. The average Bonchev–Trinajstić information content (AvgIpc) is 3.22. The Morgan fingerprint density at radius 1 is 1.32 bits per heavy atom. The van der Waals surface area contributed by atoms with Crippen LogP contribution in [0.25, 0.3) is 0 Å². The quantitative estimate of drug-likeness (QED) is 0.805. The van der Waals surface area contributed by atoms with Gasteiger partial charge in [-0.2, -0.15) is 5.26 Å². The van der Waals surface area contributed by atoms with Gasteiger partial charge in [0.25, 0.3) is 0 Å². The summed E-state index contributed by atoms with van der Waals surface area (Å²) in [6.07, 6.45) is 4.17. The summed E-state index contributed by atoms with van der Waals surface area (Å²) in [6, 6.07) is 12.4. The number of benzene rings is 1. The van der Waals surface area contributed by atoms with Crippen molar-refractivity contribution in [3.8, 4) is 6.07 Å². The minimum Gasteiger partial charge on any atom is -0.337 e. The second-order valence-electron chi connectivity index (χ2n) is 6.36. The summed E-state index contributed by atoms with van der Waals surface area (Å²) < 4.78 is 1.92. The van der Waals surface area contributed by atoms with Crippen molar-refractivity contribution >= 4 is 17.7 Å². The molecule has 1 amide bonds. The van der Waals surface area contributed by atoms with Crippen molar-refractivity contribution in [2.24, 2.45) is 7.05 Å². The fraction of sp³-hybridized carbons (Fsp3) is 0.444. The topological polar surface area (TPSA) is 83.6 Å². The van der Waals surface area contributed by atoms with Crippen LogP contribution in [0, 0.1) is 11.3 Å². The Labute approximate surface area is 151 Å². The number of nitrogens with zero attached hydrogens (tertiary/aromatic N) is 4. The zero-order chi connectivity index (χ0) is 17.7. The van der Waals surface area contributed by atoms with Gasteiger partial charge in [0.05, 0.1) is 11.8 Å². The molecule has 2 aromatic rings. The number of nitrogens with one attached hydrogen (secondary N) is 1. The van der Waals surface area contributed by atoms with Gasteiger partial charge in [-0.05, 0) is 31.2 Å². The van der Waals surface area contributed by atoms with Gasteiger partial charge >= 0.3 is 0 Å². The van der Waals surface area contributed by atoms with E-state index in [2.05, 4.69) is 33.7 Å². The first-order chi connectivity index (χ1) is 12.1. The highest BCUT2D eigenvalue weighted by molar-refractivity contribution is 7.99. The fourth-order valence-electron chi connectivity index (χ4n) is 3.08. The number of thioether (sulfide) groups is 1. The summed E-state index contributed by atoms with van der Waals surface area (Å²) in [7, 11) is 1.91. The van der Waals surface area contributed by atoms with Crippen LogP contribution in [0.4, 0.5) is 0 Å². The number of rotatable bonds is 6. The van der Waals surface area contributed by atoms with Gasteiger partial charge in [0.1, 0.15) is 11.4 Å². The van der Waals surface area contributed by atoms with Crippen molar-refractivity contribution in [2.45, 2.75) is 42.8 Å². The minimum atomic E-state index is -0.671. The Kier molecular flexibility index (Phi) is 5.39. The van der Waals surface area contributed by atoms with Crippen molar-refractivity contribution in [1.29, 1.82) is 5.26 Å². The standard InChI is InChI=1S/C18H21N5OS/c1-23-15(11-14-7-3-2-4-8-14)21-22-17(23)25-12-16(24)20-18(13-19)9-5-6-10-18/h2-4,7-8H,5-6,9-12H2,1H3,(H,20,24). The van der Waals surface area contributed by atoms with Crippen LogP contribution in [0.5, 0.6) is 0 Å². The third-order valence-corrected chi connectivity index (χ3v) is 5.53. The number of carbonyl (C=O) groups excluding carboxylic acids is 1. The molecule has 1 N–H and O–H groups in total. The third-order valence-electron chi connectivity index (χ3n) is 4.51. The van der Waals surface area contributed by atoms with Gasteiger partial charge in [-0.1, -0.05) is 42.1 Å². The summed E-state index contributed by atoms with van der Waals surface area (Å²) in [6.45, 7) is 0. The van der Waals surface area contributed by atoms with Crippen LogP contribution < -0.4 is 5.32 Å². The number of nitriles is 1. The average molecular weight is 355 g/mol. The number of aromatic nitrogens is 3. The predicted octanol–water partition coefficient (Wildman–Crippen LogP) is 2.45. The molecule has 1 fully saturated rings. The maximum absolute atomic E-state index is 12.2. The van der Waals surface area contributed by atoms with E-state index >= 15 is 0 Å². The summed E-state index contributed by atoms with van der Waals surface area (Å²) in [5, 5.41) is 21.4. The second kappa shape index (κ2) is 7.70. The lowest BCUT2D eigenvalue weighted by atomic mass is 10.0. The van der Waals surface area contributed by atoms with Crippen LogP contribution in [0.2, 0.25) is 0 Å². The van der Waals surface area contributed by atoms with Crippen molar-refractivity contribution < 1.29 is 4.79 Å². The van der Waals surface area contributed by atoms with E-state index in [1.165, 1.54) is 17.3 Å². The van der Waals surface area contributed by atoms with Gasteiger partial charge in [-0.3, -0.25) is 4.79 Å². The summed E-state index contributed by atoms with van der Waals surface area (Å²) in [4.78, 5) is 12.2. The van der Waals surface area contributed by atoms with Crippen molar-refractivity contribution in [3.05, 3.63) is 41.7 Å². The van der Waals surface area contributed by atoms with Crippen molar-refractivity contribution in [1.82, 2.24) is 20.1 Å². The molecule has 1 heterocycles. The lowest BCUT2D eigenvalue weighted by molar-refractivity contribution is -0.119. The van der Waals surface area contributed by atoms with Gasteiger partial charge in [0.2, 0.25) is 5.91 Å². The Morgan fingerprint density at radius 3 is 2.72 bits per heavy atom. The first-order valence-electron chi connectivity index (χ1n) is 8.39. The van der Waals surface area contributed by atoms with Crippen LogP contribution in [-0.4, -0.2) is 32.0 Å². The molecule has 1 saturated carbocycles. The van der Waals surface area contributed by atoms with Gasteiger partial charge in [0, 0.05) is 13.5 Å². The van der Waals surface area contributed by atoms with E-state index in [1.54, 1.807) is 0 Å². The minimum absolute atomic E-state index is 0.124. The monoisotopic (exact) mass is 355 g/mol. The van der Waals surface area contributed by atoms with E-state index < -0.39 is 5.54 Å². The Hall–Kier alpha value is -2.33. The molecule has 3 rings (SSSR count). The molecule has 1 aromatic carbocycles. The van der Waals surface area contributed by atoms with E-state index in [1.807, 2.05) is 29.8 Å². The first kappa shape index (κ1) is 17.5. The van der Waals surface area contributed by atoms with Crippen LogP contribution >= 0.6 is 11.8 Å². The van der Waals surface area contributed by atoms with Gasteiger partial charge in [0.15, 0.2) is 5.16 Å². The first-order valence-corrected chi connectivity index (χ1v) is 9.38. The highest BCUT2D eigenvalue weighted by Gasteiger charge is 2.35. The third kappa shape index (κ3) is 4.20. The molecule has 130 valence electrons. The largest absolute Gasteiger partial charge is 0.337 e. The zero-order valence-electron chi connectivity index (χ0n) is 14.2. The van der Waals surface area contributed by atoms with Crippen LogP contribution in [0.15, 0.2) is 35.5 Å². The summed E-state index contributed by atoms with van der Waals surface area (Å²) in [5.74, 6) is 0.972. The molecule has 0 atom stereocenters. The Balaban J connectivity index is 1.57. The molecule has 7 heteroatoms. The number of hydrogen-bond donors (Lipinski definition) is 1. The van der Waals surface area contributed by atoms with E-state index in [9.17, 15) is 10.1 Å². The highest BCUT2D eigenvalue weighted by atomic mass is 32.2. The maximum Gasteiger partial charge on any atom is 0.231 e. The van der Waals surface area contributed by atoms with Gasteiger partial charge < -0.3 is 9.88 Å². The normalized spacial score (nSPS) is 15.7. The molecule has 6 nitrogen and oxygen atoms in total. The molecule has 1 aliphatic carbocycles. The predicted molar refractivity (Wildman–Crippen MR) is 95.9 cm³/mol. The molecule has 25 heavy (non-hydrogen) atoms. The number of carbonyl (C=O) groups is 1. The van der Waals surface area contributed by atoms with E-state index in [0.29, 0.717) is 11.6 Å². The summed E-state index contributed by atoms with van der Waals surface area (Å²) >= 11 is 1.35. The van der Waals surface area contributed by atoms with Crippen LogP contribution in [0.3, 0.4) is 0 Å². The summed E-state index contributed by atoms with van der Waals surface area (Å²) in [5.41, 5.74) is 0.500. The van der Waals surface area contributed by atoms with E-state index in [0.717, 1.165) is 31.5 Å². The molecular weight excluding hydrogens is 334 g/mol. The lowest BCUT2D eigenvalue weighted by Gasteiger charge is -2.21. The maximum atomic E-state index is 12.2. The molecule has 0 saturated heterocycles. The molecule has 0 spiro atoms. The van der Waals surface area contributed by atoms with Gasteiger partial charge in [-0.15, -0.1) is 10.2 Å². The molecule has 0 bridgehead atoms. The molecule has 0 aliphatic heterocycles. The molecule has 1 aromatic heterocycles. The lowest BCUT2D eigenvalue weighted by Crippen LogP contribution is -2.45. The van der Waals surface area contributed by atoms with Crippen molar-refractivity contribution in [2.75, 3.05) is 5.75 Å². The molecule has 1 aliphatic rings. The van der Waals surface area contributed by atoms with Gasteiger partial charge in [-0.25, -0.2) is 0 Å². The molecular formula is C18H21N5OS. The molecule has 0 radical (unpaired) electrons. The fourth-order valence-corrected chi connectivity index (χ4v) is 3.81. The Bertz CT molecular complexity index is 775. The highest BCUT2D eigenvalue weighted by Crippen LogP contribution is 2.29. The second-order valence-corrected chi connectivity index (χ2v) is 7.30. The SMILES string of the molecule is Cn1c(Cc2ccccc2)nnc1SCC(=O)NC1(C#N)CCCC1. The Morgan fingerprint density at radius 2 is 2.04 bits per heavy atom. The number of amides is 1. The van der Waals surface area contributed by atoms with Crippen LogP contribution in [0.1, 0.15) is 37.1 Å². The van der Waals surface area contributed by atoms with E-state index in [-0.39, 0.29) is 11.7 Å². The van der Waals surface area contributed by atoms with E-state index in [4.69, 9.17) is 0 Å². The molecule has 0 unspecified atom stereocenters. The van der Waals surface area contributed by atoms with Crippen molar-refractivity contribution in [3.63, 3.8) is 0 Å². The number of hydrogen-bond acceptors (Lipinski definition) is 5. The van der Waals surface area contributed by atoms with Crippen LogP contribution in [-0.2, 0) is 18.3 Å².